The first-order chi connectivity index (χ1) is 11.3. The smallest absolute Gasteiger partial charge is 0.142 e. The van der Waals surface area contributed by atoms with Gasteiger partial charge in [0.05, 0.1) is 6.04 Å². The molecule has 0 aliphatic carbocycles. The van der Waals surface area contributed by atoms with E-state index in [1.807, 2.05) is 48.5 Å². The summed E-state index contributed by atoms with van der Waals surface area (Å²) in [7, 11) is 0. The average molecular weight is 299 g/mol. The SMILES string of the molecule is N#Cc1cccc(NC(Cc2ccccc2)c2ccccc2)n1. The molecule has 0 fully saturated rings. The van der Waals surface area contributed by atoms with Crippen molar-refractivity contribution in [3.63, 3.8) is 0 Å². The number of nitrogens with zero attached hydrogens (tertiary/aromatic N) is 2. The van der Waals surface area contributed by atoms with Gasteiger partial charge in [-0.25, -0.2) is 4.98 Å². The number of aromatic nitrogens is 1. The van der Waals surface area contributed by atoms with Gasteiger partial charge in [0.2, 0.25) is 0 Å². The number of hydrogen-bond acceptors (Lipinski definition) is 3. The fraction of sp³-hybridized carbons (Fsp3) is 0.100. The van der Waals surface area contributed by atoms with E-state index in [1.165, 1.54) is 11.1 Å². The second-order valence-electron chi connectivity index (χ2n) is 5.32. The lowest BCUT2D eigenvalue weighted by atomic mass is 9.99. The highest BCUT2D eigenvalue weighted by Gasteiger charge is 2.13. The van der Waals surface area contributed by atoms with Crippen LogP contribution in [0.15, 0.2) is 78.9 Å². The summed E-state index contributed by atoms with van der Waals surface area (Å²) in [6.45, 7) is 0. The van der Waals surface area contributed by atoms with Crippen molar-refractivity contribution < 1.29 is 0 Å². The zero-order chi connectivity index (χ0) is 15.9. The predicted molar refractivity (Wildman–Crippen MR) is 91.9 cm³/mol. The molecule has 0 saturated heterocycles. The molecule has 1 aromatic heterocycles. The Morgan fingerprint density at radius 2 is 1.57 bits per heavy atom. The highest BCUT2D eigenvalue weighted by atomic mass is 15.0. The monoisotopic (exact) mass is 299 g/mol. The van der Waals surface area contributed by atoms with Crippen LogP contribution in [0.4, 0.5) is 5.82 Å². The number of nitrogens with one attached hydrogen (secondary N) is 1. The quantitative estimate of drug-likeness (QED) is 0.762. The van der Waals surface area contributed by atoms with Gasteiger partial charge in [0, 0.05) is 0 Å². The van der Waals surface area contributed by atoms with E-state index < -0.39 is 0 Å². The molecule has 0 amide bonds. The van der Waals surface area contributed by atoms with Gasteiger partial charge in [-0.3, -0.25) is 0 Å². The third kappa shape index (κ3) is 3.96. The molecule has 0 aliphatic heterocycles. The third-order valence-corrected chi connectivity index (χ3v) is 3.67. The van der Waals surface area contributed by atoms with Gasteiger partial charge in [0.25, 0.3) is 0 Å². The Bertz CT molecular complexity index is 792. The van der Waals surface area contributed by atoms with Crippen molar-refractivity contribution in [3.05, 3.63) is 95.7 Å². The molecular weight excluding hydrogens is 282 g/mol. The second-order valence-corrected chi connectivity index (χ2v) is 5.32. The fourth-order valence-electron chi connectivity index (χ4n) is 2.54. The van der Waals surface area contributed by atoms with E-state index in [-0.39, 0.29) is 6.04 Å². The van der Waals surface area contributed by atoms with Gasteiger partial charge in [-0.2, -0.15) is 5.26 Å². The molecule has 0 aliphatic rings. The van der Waals surface area contributed by atoms with Crippen molar-refractivity contribution in [2.24, 2.45) is 0 Å². The molecule has 3 rings (SSSR count). The fourth-order valence-corrected chi connectivity index (χ4v) is 2.54. The van der Waals surface area contributed by atoms with Gasteiger partial charge in [0.1, 0.15) is 17.6 Å². The minimum atomic E-state index is 0.0973. The molecule has 1 unspecified atom stereocenters. The van der Waals surface area contributed by atoms with E-state index in [2.05, 4.69) is 40.6 Å². The van der Waals surface area contributed by atoms with Gasteiger partial charge >= 0.3 is 0 Å². The van der Waals surface area contributed by atoms with Crippen molar-refractivity contribution in [2.75, 3.05) is 5.32 Å². The first kappa shape index (κ1) is 14.8. The zero-order valence-corrected chi connectivity index (χ0v) is 12.7. The van der Waals surface area contributed by atoms with E-state index in [1.54, 1.807) is 6.07 Å². The molecule has 1 atom stereocenters. The van der Waals surface area contributed by atoms with Crippen molar-refractivity contribution >= 4 is 5.82 Å². The zero-order valence-electron chi connectivity index (χ0n) is 12.7. The summed E-state index contributed by atoms with van der Waals surface area (Å²) in [5.41, 5.74) is 2.87. The summed E-state index contributed by atoms with van der Waals surface area (Å²) in [5.74, 6) is 0.717. The highest BCUT2D eigenvalue weighted by molar-refractivity contribution is 5.42. The van der Waals surface area contributed by atoms with Crippen molar-refractivity contribution in [1.82, 2.24) is 4.98 Å². The van der Waals surface area contributed by atoms with E-state index in [0.717, 1.165) is 6.42 Å². The Balaban J connectivity index is 1.87. The first-order valence-corrected chi connectivity index (χ1v) is 7.58. The maximum absolute atomic E-state index is 9.01. The van der Waals surface area contributed by atoms with Gasteiger partial charge in [-0.15, -0.1) is 0 Å². The van der Waals surface area contributed by atoms with E-state index in [9.17, 15) is 0 Å². The van der Waals surface area contributed by atoms with Gasteiger partial charge < -0.3 is 5.32 Å². The second kappa shape index (κ2) is 7.24. The molecule has 0 bridgehead atoms. The van der Waals surface area contributed by atoms with Crippen LogP contribution in [0.2, 0.25) is 0 Å². The molecule has 1 heterocycles. The summed E-state index contributed by atoms with van der Waals surface area (Å²) in [6.07, 6.45) is 0.851. The van der Waals surface area contributed by atoms with E-state index in [0.29, 0.717) is 11.5 Å². The standard InChI is InChI=1S/C20H17N3/c21-15-18-12-7-13-20(22-18)23-19(17-10-5-2-6-11-17)14-16-8-3-1-4-9-16/h1-13,19H,14H2,(H,22,23). The number of hydrogen-bond donors (Lipinski definition) is 1. The third-order valence-electron chi connectivity index (χ3n) is 3.67. The summed E-state index contributed by atoms with van der Waals surface area (Å²) in [4.78, 5) is 4.33. The lowest BCUT2D eigenvalue weighted by Gasteiger charge is -2.20. The largest absolute Gasteiger partial charge is 0.363 e. The Morgan fingerprint density at radius 1 is 0.870 bits per heavy atom. The van der Waals surface area contributed by atoms with Gasteiger partial charge in [-0.1, -0.05) is 66.7 Å². The van der Waals surface area contributed by atoms with Crippen molar-refractivity contribution in [1.29, 1.82) is 5.26 Å². The molecule has 3 nitrogen and oxygen atoms in total. The number of pyridine rings is 1. The van der Waals surface area contributed by atoms with Crippen LogP contribution in [0.1, 0.15) is 22.9 Å². The molecule has 0 radical (unpaired) electrons. The number of rotatable bonds is 5. The molecule has 3 heteroatoms. The Labute approximate surface area is 136 Å². The molecule has 2 aromatic carbocycles. The number of nitriles is 1. The normalized spacial score (nSPS) is 11.4. The minimum Gasteiger partial charge on any atom is -0.363 e. The molecular formula is C20H17N3. The molecule has 0 saturated carbocycles. The van der Waals surface area contributed by atoms with E-state index >= 15 is 0 Å². The van der Waals surface area contributed by atoms with Crippen molar-refractivity contribution in [2.45, 2.75) is 12.5 Å². The Hall–Kier alpha value is -3.12. The van der Waals surface area contributed by atoms with Crippen LogP contribution in [-0.4, -0.2) is 4.98 Å². The van der Waals surface area contributed by atoms with Crippen LogP contribution in [0.3, 0.4) is 0 Å². The summed E-state index contributed by atoms with van der Waals surface area (Å²) >= 11 is 0. The van der Waals surface area contributed by atoms with Gasteiger partial charge in [-0.05, 0) is 29.7 Å². The number of benzene rings is 2. The van der Waals surface area contributed by atoms with Crippen LogP contribution in [0.5, 0.6) is 0 Å². The maximum atomic E-state index is 9.01. The number of anilines is 1. The predicted octanol–water partition coefficient (Wildman–Crippen LogP) is 4.35. The molecule has 0 spiro atoms. The van der Waals surface area contributed by atoms with Crippen LogP contribution in [-0.2, 0) is 6.42 Å². The van der Waals surface area contributed by atoms with E-state index in [4.69, 9.17) is 5.26 Å². The summed E-state index contributed by atoms with van der Waals surface area (Å²) in [5, 5.41) is 12.5. The minimum absolute atomic E-state index is 0.0973. The lowest BCUT2D eigenvalue weighted by molar-refractivity contribution is 0.770. The topological polar surface area (TPSA) is 48.7 Å². The van der Waals surface area contributed by atoms with Crippen LogP contribution in [0, 0.1) is 11.3 Å². The lowest BCUT2D eigenvalue weighted by Crippen LogP contribution is -2.14. The molecule has 3 aromatic rings. The van der Waals surface area contributed by atoms with Crippen LogP contribution >= 0.6 is 0 Å². The highest BCUT2D eigenvalue weighted by Crippen LogP contribution is 2.22. The van der Waals surface area contributed by atoms with Crippen molar-refractivity contribution in [3.8, 4) is 6.07 Å². The summed E-state index contributed by atoms with van der Waals surface area (Å²) in [6, 6.07) is 28.3. The molecule has 23 heavy (non-hydrogen) atoms. The van der Waals surface area contributed by atoms with Crippen LogP contribution in [0.25, 0.3) is 0 Å². The molecule has 1 N–H and O–H groups in total. The molecule has 112 valence electrons. The Kier molecular flexibility index (Phi) is 4.66. The first-order valence-electron chi connectivity index (χ1n) is 7.58. The maximum Gasteiger partial charge on any atom is 0.142 e. The van der Waals surface area contributed by atoms with Crippen LogP contribution < -0.4 is 5.32 Å². The van der Waals surface area contributed by atoms with Gasteiger partial charge in [0.15, 0.2) is 0 Å². The Morgan fingerprint density at radius 3 is 2.26 bits per heavy atom. The summed E-state index contributed by atoms with van der Waals surface area (Å²) < 4.78 is 0. The average Bonchev–Trinajstić information content (AvgIpc) is 2.63.